The van der Waals surface area contributed by atoms with Crippen molar-refractivity contribution >= 4 is 23.3 Å². The molecule has 10 nitrogen and oxygen atoms in total. The van der Waals surface area contributed by atoms with Gasteiger partial charge >= 0.3 is 6.03 Å². The van der Waals surface area contributed by atoms with Crippen molar-refractivity contribution < 1.29 is 24.2 Å². The summed E-state index contributed by atoms with van der Waals surface area (Å²) >= 11 is 0. The smallest absolute Gasteiger partial charge is 0.319 e. The first kappa shape index (κ1) is 33.8. The van der Waals surface area contributed by atoms with Crippen LogP contribution in [0.25, 0.3) is 0 Å². The van der Waals surface area contributed by atoms with Gasteiger partial charge in [-0.25, -0.2) is 4.79 Å². The van der Waals surface area contributed by atoms with Crippen LogP contribution < -0.4 is 20.9 Å². The molecule has 0 radical (unpaired) electrons. The summed E-state index contributed by atoms with van der Waals surface area (Å²) in [6.45, 7) is 2.86. The van der Waals surface area contributed by atoms with Crippen LogP contribution in [0.5, 0.6) is 0 Å². The Morgan fingerprint density at radius 3 is 2.13 bits per heavy atom. The second-order valence-corrected chi connectivity index (χ2v) is 16.5. The molecular formula is C42H51N5O5. The Hall–Kier alpha value is -3.96. The number of anilines is 2. The van der Waals surface area contributed by atoms with Gasteiger partial charge in [0.25, 0.3) is 0 Å². The number of urea groups is 1. The average Bonchev–Trinajstić information content (AvgIpc) is 3.46. The lowest BCUT2D eigenvalue weighted by atomic mass is 9.53. The third-order valence-corrected chi connectivity index (χ3v) is 13.0. The summed E-state index contributed by atoms with van der Waals surface area (Å²) in [6, 6.07) is 25.9. The Bertz CT molecular complexity index is 1710. The van der Waals surface area contributed by atoms with E-state index in [0.717, 1.165) is 97.6 Å². The van der Waals surface area contributed by atoms with Crippen molar-refractivity contribution in [1.82, 2.24) is 15.5 Å². The Morgan fingerprint density at radius 1 is 0.827 bits per heavy atom. The minimum Gasteiger partial charge on any atom is -0.392 e. The van der Waals surface area contributed by atoms with Crippen molar-refractivity contribution in [2.24, 2.45) is 17.8 Å². The first-order valence-electron chi connectivity index (χ1n) is 19.4. The number of likely N-dealkylation sites (tertiary alicyclic amines) is 1. The summed E-state index contributed by atoms with van der Waals surface area (Å²) < 4.78 is 13.3. The maximum absolute atomic E-state index is 13.3. The van der Waals surface area contributed by atoms with E-state index in [-0.39, 0.29) is 36.3 Å². The molecule has 0 aromatic heterocycles. The largest absolute Gasteiger partial charge is 0.392 e. The summed E-state index contributed by atoms with van der Waals surface area (Å²) in [6.07, 6.45) is 8.70. The molecule has 7 aliphatic rings. The summed E-state index contributed by atoms with van der Waals surface area (Å²) in [4.78, 5) is 31.2. The van der Waals surface area contributed by atoms with E-state index in [4.69, 9.17) is 9.47 Å². The van der Waals surface area contributed by atoms with E-state index in [1.807, 2.05) is 66.7 Å². The molecule has 3 aliphatic heterocycles. The number of piperidine rings is 1. The van der Waals surface area contributed by atoms with E-state index < -0.39 is 11.8 Å². The summed E-state index contributed by atoms with van der Waals surface area (Å²) in [5.74, 6) is 2.43. The third-order valence-electron chi connectivity index (χ3n) is 13.0. The van der Waals surface area contributed by atoms with Gasteiger partial charge in [-0.3, -0.25) is 4.79 Å². The van der Waals surface area contributed by atoms with Gasteiger partial charge < -0.3 is 40.3 Å². The van der Waals surface area contributed by atoms with Crippen LogP contribution in [-0.2, 0) is 20.9 Å². The van der Waals surface area contributed by atoms with Gasteiger partial charge in [0.15, 0.2) is 6.29 Å². The van der Waals surface area contributed by atoms with Gasteiger partial charge in [0, 0.05) is 48.5 Å². The van der Waals surface area contributed by atoms with Crippen LogP contribution in [0.2, 0.25) is 0 Å². The van der Waals surface area contributed by atoms with Crippen LogP contribution in [0.15, 0.2) is 78.9 Å². The number of ether oxygens (including phenoxy) is 2. The second-order valence-electron chi connectivity index (χ2n) is 16.5. The molecule has 4 aliphatic carbocycles. The molecule has 4 saturated carbocycles. The molecule has 52 heavy (non-hydrogen) atoms. The van der Waals surface area contributed by atoms with E-state index in [1.54, 1.807) is 0 Å². The molecule has 1 spiro atoms. The highest BCUT2D eigenvalue weighted by Gasteiger charge is 2.52. The molecule has 3 aromatic carbocycles. The molecule has 3 heterocycles. The summed E-state index contributed by atoms with van der Waals surface area (Å²) in [7, 11) is 0. The molecule has 3 atom stereocenters. The van der Waals surface area contributed by atoms with Crippen molar-refractivity contribution in [3.8, 4) is 0 Å². The van der Waals surface area contributed by atoms with Crippen LogP contribution in [0.3, 0.4) is 0 Å². The standard InChI is InChI=1S/C42H51N5O5/c48-26-28-6-8-32(9-7-28)37-21-36(25-46-16-14-42(15-17-46)39(49)43-27-47(42)35-4-2-1-3-5-35)51-38(52-37)33-10-12-34(13-11-33)44-40(50)45-41-22-29-18-30(23-41)20-31(19-29)24-41/h1-13,29-31,36-38,48H,14-27H2,(H,43,49)(H2,44,45,50)/t29?,30?,31?,36-,37+,38+,41?/m0/s1. The van der Waals surface area contributed by atoms with E-state index in [1.165, 1.54) is 19.3 Å². The molecule has 3 aromatic rings. The molecule has 4 bridgehead atoms. The van der Waals surface area contributed by atoms with Gasteiger partial charge in [0.1, 0.15) is 5.54 Å². The molecular weight excluding hydrogens is 654 g/mol. The maximum atomic E-state index is 13.3. The first-order valence-corrected chi connectivity index (χ1v) is 19.4. The number of rotatable bonds is 8. The van der Waals surface area contributed by atoms with Gasteiger partial charge in [-0.2, -0.15) is 0 Å². The summed E-state index contributed by atoms with van der Waals surface area (Å²) in [5.41, 5.74) is 4.06. The van der Waals surface area contributed by atoms with Crippen LogP contribution in [0.1, 0.15) is 86.9 Å². The Balaban J connectivity index is 0.867. The van der Waals surface area contributed by atoms with Crippen LogP contribution in [0, 0.1) is 17.8 Å². The van der Waals surface area contributed by atoms with Crippen molar-refractivity contribution in [2.75, 3.05) is 36.5 Å². The lowest BCUT2D eigenvalue weighted by molar-refractivity contribution is -0.253. The van der Waals surface area contributed by atoms with Gasteiger partial charge in [-0.05, 0) is 105 Å². The number of nitrogens with zero attached hydrogens (tertiary/aromatic N) is 2. The number of hydrogen-bond donors (Lipinski definition) is 4. The first-order chi connectivity index (χ1) is 25.3. The van der Waals surface area contributed by atoms with Crippen molar-refractivity contribution in [1.29, 1.82) is 0 Å². The van der Waals surface area contributed by atoms with Crippen LogP contribution in [0.4, 0.5) is 16.2 Å². The predicted octanol–water partition coefficient (Wildman–Crippen LogP) is 6.24. The molecule has 0 unspecified atom stereocenters. The van der Waals surface area contributed by atoms with Crippen molar-refractivity contribution in [3.63, 3.8) is 0 Å². The van der Waals surface area contributed by atoms with Crippen LogP contribution >= 0.6 is 0 Å². The number of aliphatic hydroxyl groups is 1. The average molecular weight is 706 g/mol. The minimum atomic E-state index is -0.582. The van der Waals surface area contributed by atoms with Crippen molar-refractivity contribution in [3.05, 3.63) is 95.6 Å². The monoisotopic (exact) mass is 705 g/mol. The number of carbonyl (C=O) groups is 2. The third kappa shape index (κ3) is 6.59. The fourth-order valence-electron chi connectivity index (χ4n) is 10.8. The summed E-state index contributed by atoms with van der Waals surface area (Å²) in [5, 5.41) is 19.2. The second kappa shape index (κ2) is 13.8. The Morgan fingerprint density at radius 2 is 1.48 bits per heavy atom. The minimum absolute atomic E-state index is 0.00269. The van der Waals surface area contributed by atoms with E-state index in [0.29, 0.717) is 13.1 Å². The molecule has 3 saturated heterocycles. The quantitative estimate of drug-likeness (QED) is 0.219. The number of amides is 3. The highest BCUT2D eigenvalue weighted by molar-refractivity contribution is 5.93. The number of para-hydroxylation sites is 1. The normalized spacial score (nSPS) is 32.2. The highest BCUT2D eigenvalue weighted by Crippen LogP contribution is 2.55. The molecule has 4 N–H and O–H groups in total. The van der Waals surface area contributed by atoms with Gasteiger partial charge in [0.2, 0.25) is 5.91 Å². The maximum Gasteiger partial charge on any atom is 0.319 e. The fourth-order valence-corrected chi connectivity index (χ4v) is 10.8. The van der Waals surface area contributed by atoms with Crippen LogP contribution in [-0.4, -0.2) is 65.4 Å². The van der Waals surface area contributed by atoms with E-state index >= 15 is 0 Å². The lowest BCUT2D eigenvalue weighted by Gasteiger charge is -2.56. The highest BCUT2D eigenvalue weighted by atomic mass is 16.7. The number of carbonyl (C=O) groups excluding carboxylic acids is 2. The zero-order chi connectivity index (χ0) is 35.3. The lowest BCUT2D eigenvalue weighted by Crippen LogP contribution is -2.60. The molecule has 10 heteroatoms. The molecule has 274 valence electrons. The van der Waals surface area contributed by atoms with Gasteiger partial charge in [-0.15, -0.1) is 0 Å². The van der Waals surface area contributed by atoms with E-state index in [9.17, 15) is 14.7 Å². The fraction of sp³-hybridized carbons (Fsp3) is 0.524. The van der Waals surface area contributed by atoms with Gasteiger partial charge in [0.05, 0.1) is 25.5 Å². The predicted molar refractivity (Wildman–Crippen MR) is 198 cm³/mol. The molecule has 10 rings (SSSR count). The zero-order valence-corrected chi connectivity index (χ0v) is 29.8. The van der Waals surface area contributed by atoms with Crippen molar-refractivity contribution in [2.45, 2.75) is 94.0 Å². The number of hydrogen-bond acceptors (Lipinski definition) is 7. The number of benzene rings is 3. The van der Waals surface area contributed by atoms with E-state index in [2.05, 4.69) is 37.9 Å². The zero-order valence-electron chi connectivity index (χ0n) is 29.8. The number of aliphatic hydroxyl groups excluding tert-OH is 1. The molecule has 3 amide bonds. The SMILES string of the molecule is O=C(Nc1ccc([C@@H]2O[C@H](CN3CCC4(CC3)C(=O)NCN4c3ccccc3)C[C@H](c3ccc(CO)cc3)O2)cc1)NC12CC3CC(CC(C3)C1)C2. The topological polar surface area (TPSA) is 115 Å². The molecule has 7 fully saturated rings. The Labute approximate surface area is 306 Å². The Kier molecular flexibility index (Phi) is 8.97. The number of nitrogens with one attached hydrogen (secondary N) is 3. The van der Waals surface area contributed by atoms with Gasteiger partial charge in [-0.1, -0.05) is 54.6 Å².